The van der Waals surface area contributed by atoms with Crippen LogP contribution in [0.2, 0.25) is 0 Å². The van der Waals surface area contributed by atoms with Crippen LogP contribution in [0, 0.1) is 11.6 Å². The summed E-state index contributed by atoms with van der Waals surface area (Å²) in [7, 11) is 0. The van der Waals surface area contributed by atoms with E-state index in [9.17, 15) is 8.78 Å². The molecule has 4 nitrogen and oxygen atoms in total. The molecule has 2 N–H and O–H groups in total. The van der Waals surface area contributed by atoms with Crippen LogP contribution in [0.25, 0.3) is 0 Å². The van der Waals surface area contributed by atoms with Gasteiger partial charge in [0.1, 0.15) is 11.6 Å². The van der Waals surface area contributed by atoms with Crippen molar-refractivity contribution < 1.29 is 13.5 Å². The van der Waals surface area contributed by atoms with E-state index < -0.39 is 11.6 Å². The molecule has 1 heterocycles. The Balaban J connectivity index is 1.72. The fraction of sp³-hybridized carbons (Fsp3) is 0.462. The zero-order valence-corrected chi connectivity index (χ0v) is 11.8. The molecule has 0 aliphatic carbocycles. The number of benzene rings is 1. The maximum absolute atomic E-state index is 13.0. The Morgan fingerprint density at radius 1 is 1.20 bits per heavy atom. The van der Waals surface area contributed by atoms with Crippen molar-refractivity contribution in [2.45, 2.75) is 0 Å². The first-order valence-electron chi connectivity index (χ1n) is 6.44. The molecule has 1 aromatic rings. The van der Waals surface area contributed by atoms with E-state index in [2.05, 4.69) is 15.5 Å². The molecule has 0 amide bonds. The van der Waals surface area contributed by atoms with Crippen molar-refractivity contribution in [3.8, 4) is 0 Å². The molecule has 1 aliphatic heterocycles. The summed E-state index contributed by atoms with van der Waals surface area (Å²) in [6, 6.07) is 3.21. The monoisotopic (exact) mass is 301 g/mol. The Kier molecular flexibility index (Phi) is 5.63. The van der Waals surface area contributed by atoms with Crippen LogP contribution < -0.4 is 10.6 Å². The number of nitrogens with one attached hydrogen (secondary N) is 2. The average Bonchev–Trinajstić information content (AvgIpc) is 2.38. The van der Waals surface area contributed by atoms with Crippen molar-refractivity contribution in [1.29, 1.82) is 0 Å². The Hall–Kier alpha value is -1.31. The van der Waals surface area contributed by atoms with Crippen LogP contribution in [0.5, 0.6) is 0 Å². The Labute approximate surface area is 122 Å². The van der Waals surface area contributed by atoms with E-state index in [0.29, 0.717) is 17.3 Å². The molecular formula is C13H17F2N3OS. The molecule has 0 unspecified atom stereocenters. The van der Waals surface area contributed by atoms with Crippen LogP contribution in [0.3, 0.4) is 0 Å². The van der Waals surface area contributed by atoms with Crippen LogP contribution >= 0.6 is 12.2 Å². The van der Waals surface area contributed by atoms with E-state index in [-0.39, 0.29) is 0 Å². The molecule has 20 heavy (non-hydrogen) atoms. The number of ether oxygens (including phenoxy) is 1. The summed E-state index contributed by atoms with van der Waals surface area (Å²) < 4.78 is 31.3. The van der Waals surface area contributed by atoms with Gasteiger partial charge in [-0.1, -0.05) is 0 Å². The number of thiocarbonyl (C=S) groups is 1. The summed E-state index contributed by atoms with van der Waals surface area (Å²) in [6.45, 7) is 4.86. The van der Waals surface area contributed by atoms with Gasteiger partial charge >= 0.3 is 0 Å². The molecule has 1 saturated heterocycles. The molecule has 1 fully saturated rings. The van der Waals surface area contributed by atoms with Gasteiger partial charge in [-0.05, 0) is 24.4 Å². The van der Waals surface area contributed by atoms with Crippen molar-refractivity contribution in [3.63, 3.8) is 0 Å². The summed E-state index contributed by atoms with van der Waals surface area (Å²) in [6.07, 6.45) is 0. The lowest BCUT2D eigenvalue weighted by molar-refractivity contribution is 0.0389. The van der Waals surface area contributed by atoms with Crippen molar-refractivity contribution in [3.05, 3.63) is 29.8 Å². The summed E-state index contributed by atoms with van der Waals surface area (Å²) in [5.41, 5.74) is 0.298. The number of hydrogen-bond donors (Lipinski definition) is 2. The summed E-state index contributed by atoms with van der Waals surface area (Å²) in [5.74, 6) is -1.27. The minimum absolute atomic E-state index is 0.298. The smallest absolute Gasteiger partial charge is 0.170 e. The second-order valence-corrected chi connectivity index (χ2v) is 4.90. The molecule has 110 valence electrons. The Morgan fingerprint density at radius 2 is 1.85 bits per heavy atom. The van der Waals surface area contributed by atoms with Gasteiger partial charge in [0, 0.05) is 37.9 Å². The number of morpholine rings is 1. The van der Waals surface area contributed by atoms with Gasteiger partial charge < -0.3 is 15.4 Å². The molecule has 0 bridgehead atoms. The summed E-state index contributed by atoms with van der Waals surface area (Å²) in [5, 5.41) is 6.12. The summed E-state index contributed by atoms with van der Waals surface area (Å²) >= 11 is 5.08. The zero-order valence-electron chi connectivity index (χ0n) is 11.0. The largest absolute Gasteiger partial charge is 0.379 e. The van der Waals surface area contributed by atoms with E-state index in [0.717, 1.165) is 38.9 Å². The van der Waals surface area contributed by atoms with Gasteiger partial charge in [-0.3, -0.25) is 4.90 Å². The highest BCUT2D eigenvalue weighted by Crippen LogP contribution is 2.12. The van der Waals surface area contributed by atoms with Gasteiger partial charge in [-0.15, -0.1) is 0 Å². The second kappa shape index (κ2) is 7.47. The number of hydrogen-bond acceptors (Lipinski definition) is 3. The third-order valence-electron chi connectivity index (χ3n) is 2.94. The quantitative estimate of drug-likeness (QED) is 0.826. The number of halogens is 2. The SMILES string of the molecule is Fc1cc(F)cc(NC(=S)NCCN2CCOCC2)c1. The minimum Gasteiger partial charge on any atom is -0.379 e. The molecule has 2 rings (SSSR count). The van der Waals surface area contributed by atoms with E-state index in [1.54, 1.807) is 0 Å². The molecule has 1 aromatic carbocycles. The zero-order chi connectivity index (χ0) is 14.4. The standard InChI is InChI=1S/C13H17F2N3OS/c14-10-7-11(15)9-12(8-10)17-13(20)16-1-2-18-3-5-19-6-4-18/h7-9H,1-6H2,(H2,16,17,20). The predicted molar refractivity (Wildman–Crippen MR) is 77.8 cm³/mol. The van der Waals surface area contributed by atoms with Gasteiger partial charge in [0.15, 0.2) is 5.11 Å². The minimum atomic E-state index is -0.636. The number of anilines is 1. The molecule has 0 aromatic heterocycles. The lowest BCUT2D eigenvalue weighted by Gasteiger charge is -2.26. The first-order valence-corrected chi connectivity index (χ1v) is 6.85. The molecule has 0 spiro atoms. The topological polar surface area (TPSA) is 36.5 Å². The summed E-state index contributed by atoms with van der Waals surface area (Å²) in [4.78, 5) is 2.26. The van der Waals surface area contributed by atoms with E-state index in [1.807, 2.05) is 0 Å². The van der Waals surface area contributed by atoms with Gasteiger partial charge in [0.2, 0.25) is 0 Å². The van der Waals surface area contributed by atoms with Gasteiger partial charge in [-0.2, -0.15) is 0 Å². The van der Waals surface area contributed by atoms with Crippen LogP contribution in [0.4, 0.5) is 14.5 Å². The lowest BCUT2D eigenvalue weighted by Crippen LogP contribution is -2.42. The van der Waals surface area contributed by atoms with Crippen LogP contribution in [-0.2, 0) is 4.74 Å². The van der Waals surface area contributed by atoms with Crippen molar-refractivity contribution in [1.82, 2.24) is 10.2 Å². The predicted octanol–water partition coefficient (Wildman–Crippen LogP) is 1.58. The molecular weight excluding hydrogens is 284 g/mol. The third kappa shape index (κ3) is 4.99. The Morgan fingerprint density at radius 3 is 2.50 bits per heavy atom. The first-order chi connectivity index (χ1) is 9.63. The maximum atomic E-state index is 13.0. The molecule has 1 aliphatic rings. The van der Waals surface area contributed by atoms with Crippen molar-refractivity contribution >= 4 is 23.0 Å². The first kappa shape index (κ1) is 15.1. The van der Waals surface area contributed by atoms with E-state index >= 15 is 0 Å². The molecule has 7 heteroatoms. The van der Waals surface area contributed by atoms with Crippen LogP contribution in [-0.4, -0.2) is 49.4 Å². The van der Waals surface area contributed by atoms with Crippen LogP contribution in [0.15, 0.2) is 18.2 Å². The fourth-order valence-electron chi connectivity index (χ4n) is 1.95. The number of rotatable bonds is 4. The van der Waals surface area contributed by atoms with Crippen molar-refractivity contribution in [2.75, 3.05) is 44.7 Å². The normalized spacial score (nSPS) is 15.9. The van der Waals surface area contributed by atoms with E-state index in [1.165, 1.54) is 12.1 Å². The van der Waals surface area contributed by atoms with Gasteiger partial charge in [0.05, 0.1) is 13.2 Å². The highest BCUT2D eigenvalue weighted by atomic mass is 32.1. The second-order valence-electron chi connectivity index (χ2n) is 4.49. The highest BCUT2D eigenvalue weighted by molar-refractivity contribution is 7.80. The molecule has 0 atom stereocenters. The van der Waals surface area contributed by atoms with Gasteiger partial charge in [-0.25, -0.2) is 8.78 Å². The maximum Gasteiger partial charge on any atom is 0.170 e. The lowest BCUT2D eigenvalue weighted by atomic mass is 10.3. The third-order valence-corrected chi connectivity index (χ3v) is 3.18. The average molecular weight is 301 g/mol. The fourth-order valence-corrected chi connectivity index (χ4v) is 2.17. The Bertz CT molecular complexity index is 447. The van der Waals surface area contributed by atoms with Gasteiger partial charge in [0.25, 0.3) is 0 Å². The van der Waals surface area contributed by atoms with E-state index in [4.69, 9.17) is 17.0 Å². The van der Waals surface area contributed by atoms with Crippen LogP contribution in [0.1, 0.15) is 0 Å². The molecule has 0 saturated carbocycles. The van der Waals surface area contributed by atoms with Crippen molar-refractivity contribution in [2.24, 2.45) is 0 Å². The number of nitrogens with zero attached hydrogens (tertiary/aromatic N) is 1. The molecule has 0 radical (unpaired) electrons. The highest BCUT2D eigenvalue weighted by Gasteiger charge is 2.09.